The van der Waals surface area contributed by atoms with Crippen LogP contribution in [0.4, 0.5) is 0 Å². The van der Waals surface area contributed by atoms with Crippen molar-refractivity contribution in [2.45, 2.75) is 6.61 Å². The molecule has 0 fully saturated rings. The highest BCUT2D eigenvalue weighted by Gasteiger charge is 2.14. The van der Waals surface area contributed by atoms with E-state index >= 15 is 0 Å². The molecule has 0 aliphatic carbocycles. The number of benzene rings is 3. The van der Waals surface area contributed by atoms with Gasteiger partial charge < -0.3 is 9.15 Å². The number of rotatable bonds is 6. The second-order valence-electron chi connectivity index (χ2n) is 6.84. The topological polar surface area (TPSA) is 63.8 Å². The first-order chi connectivity index (χ1) is 15.8. The number of carbonyl (C=O) groups excluding carboxylic acids is 1. The van der Waals surface area contributed by atoms with Gasteiger partial charge in [0, 0.05) is 9.86 Å². The molecule has 0 unspecified atom stereocenters. The molecule has 33 heavy (non-hydrogen) atoms. The SMILES string of the molecule is O=C(N/N=C\c1ccc(OCc2ccc(Cl)c(Cl)c2)c(Br)c1)c1cc2cc(Br)cc(Br)c2o1. The van der Waals surface area contributed by atoms with Gasteiger partial charge in [-0.3, -0.25) is 4.79 Å². The maximum atomic E-state index is 12.4. The molecule has 0 atom stereocenters. The quantitative estimate of drug-likeness (QED) is 0.165. The molecule has 4 rings (SSSR count). The Bertz CT molecular complexity index is 1390. The van der Waals surface area contributed by atoms with E-state index in [0.29, 0.717) is 28.0 Å². The Morgan fingerprint density at radius 2 is 1.82 bits per heavy atom. The van der Waals surface area contributed by atoms with Crippen molar-refractivity contribution in [1.82, 2.24) is 5.43 Å². The molecular weight excluding hydrogens is 663 g/mol. The molecule has 0 radical (unpaired) electrons. The predicted octanol–water partition coefficient (Wildman–Crippen LogP) is 8.37. The summed E-state index contributed by atoms with van der Waals surface area (Å²) < 4.78 is 13.8. The van der Waals surface area contributed by atoms with E-state index in [1.165, 1.54) is 6.21 Å². The standard InChI is InChI=1S/C23H13Br3Cl2N2O3/c24-15-7-14-8-21(33-22(14)17(26)9-15)23(31)30-29-10-12-2-4-20(16(25)5-12)32-11-13-1-3-18(27)19(28)6-13/h1-10H,11H2,(H,30,31)/b29-10-. The lowest BCUT2D eigenvalue weighted by Crippen LogP contribution is -2.16. The highest BCUT2D eigenvalue weighted by Crippen LogP contribution is 2.31. The molecule has 1 heterocycles. The number of nitrogens with zero attached hydrogens (tertiary/aromatic N) is 1. The van der Waals surface area contributed by atoms with E-state index in [1.807, 2.05) is 30.3 Å². The van der Waals surface area contributed by atoms with Crippen LogP contribution in [0.1, 0.15) is 21.7 Å². The predicted molar refractivity (Wildman–Crippen MR) is 142 cm³/mol. The van der Waals surface area contributed by atoms with Crippen LogP contribution in [0.5, 0.6) is 5.75 Å². The normalized spacial score (nSPS) is 11.3. The van der Waals surface area contributed by atoms with Gasteiger partial charge in [0.25, 0.3) is 0 Å². The number of carbonyl (C=O) groups is 1. The summed E-state index contributed by atoms with van der Waals surface area (Å²) >= 11 is 22.3. The minimum atomic E-state index is -0.453. The lowest BCUT2D eigenvalue weighted by atomic mass is 10.2. The molecule has 3 aromatic carbocycles. The molecule has 0 bridgehead atoms. The Kier molecular flexibility index (Phi) is 7.81. The molecular formula is C23H13Br3Cl2N2O3. The van der Waals surface area contributed by atoms with Crippen LogP contribution in [-0.2, 0) is 6.61 Å². The van der Waals surface area contributed by atoms with Gasteiger partial charge in [-0.1, -0.05) is 45.2 Å². The fourth-order valence-corrected chi connectivity index (χ4v) is 5.08. The third-order valence-corrected chi connectivity index (χ3v) is 6.88. The first-order valence-corrected chi connectivity index (χ1v) is 12.5. The summed E-state index contributed by atoms with van der Waals surface area (Å²) in [6, 6.07) is 16.2. The average Bonchev–Trinajstić information content (AvgIpc) is 3.20. The number of nitrogens with one attached hydrogen (secondary N) is 1. The summed E-state index contributed by atoms with van der Waals surface area (Å²) in [7, 11) is 0. The lowest BCUT2D eigenvalue weighted by molar-refractivity contribution is 0.0929. The zero-order chi connectivity index (χ0) is 23.5. The first kappa shape index (κ1) is 24.3. The third-order valence-electron chi connectivity index (χ3n) is 4.47. The Morgan fingerprint density at radius 1 is 1.00 bits per heavy atom. The monoisotopic (exact) mass is 672 g/mol. The van der Waals surface area contributed by atoms with Crippen LogP contribution in [0.3, 0.4) is 0 Å². The molecule has 1 N–H and O–H groups in total. The Balaban J connectivity index is 1.38. The van der Waals surface area contributed by atoms with Gasteiger partial charge in [-0.15, -0.1) is 0 Å². The van der Waals surface area contributed by atoms with Crippen molar-refractivity contribution >= 4 is 94.1 Å². The molecule has 168 valence electrons. The van der Waals surface area contributed by atoms with E-state index in [2.05, 4.69) is 58.3 Å². The van der Waals surface area contributed by atoms with E-state index in [9.17, 15) is 4.79 Å². The summed E-state index contributed by atoms with van der Waals surface area (Å²) in [5.74, 6) is 0.362. The lowest BCUT2D eigenvalue weighted by Gasteiger charge is -2.09. The van der Waals surface area contributed by atoms with Crippen molar-refractivity contribution < 1.29 is 13.9 Å². The van der Waals surface area contributed by atoms with Crippen molar-refractivity contribution in [1.29, 1.82) is 0 Å². The molecule has 4 aromatic rings. The number of hydrogen-bond acceptors (Lipinski definition) is 4. The van der Waals surface area contributed by atoms with Crippen molar-refractivity contribution in [3.8, 4) is 5.75 Å². The van der Waals surface area contributed by atoms with Gasteiger partial charge in [-0.2, -0.15) is 5.10 Å². The zero-order valence-electron chi connectivity index (χ0n) is 16.5. The molecule has 0 aliphatic heterocycles. The Morgan fingerprint density at radius 3 is 2.58 bits per heavy atom. The van der Waals surface area contributed by atoms with Gasteiger partial charge in [0.05, 0.1) is 25.2 Å². The Hall–Kier alpha value is -1.84. The van der Waals surface area contributed by atoms with Crippen LogP contribution in [0, 0.1) is 0 Å². The molecule has 1 amide bonds. The van der Waals surface area contributed by atoms with Gasteiger partial charge in [0.1, 0.15) is 17.9 Å². The fourth-order valence-electron chi connectivity index (χ4n) is 2.91. The number of hydrazone groups is 1. The van der Waals surface area contributed by atoms with Crippen LogP contribution in [0.15, 0.2) is 77.5 Å². The maximum Gasteiger partial charge on any atom is 0.307 e. The van der Waals surface area contributed by atoms with Crippen LogP contribution >= 0.6 is 71.0 Å². The molecule has 0 saturated heterocycles. The average molecular weight is 676 g/mol. The molecule has 0 saturated carbocycles. The van der Waals surface area contributed by atoms with Crippen molar-refractivity contribution in [2.75, 3.05) is 0 Å². The molecule has 0 spiro atoms. The van der Waals surface area contributed by atoms with E-state index in [-0.39, 0.29) is 5.76 Å². The van der Waals surface area contributed by atoms with E-state index in [1.54, 1.807) is 24.3 Å². The van der Waals surface area contributed by atoms with Gasteiger partial charge in [-0.05, 0) is 91.5 Å². The molecule has 5 nitrogen and oxygen atoms in total. The van der Waals surface area contributed by atoms with Crippen LogP contribution in [0.2, 0.25) is 10.0 Å². The van der Waals surface area contributed by atoms with Crippen molar-refractivity contribution in [3.63, 3.8) is 0 Å². The summed E-state index contributed by atoms with van der Waals surface area (Å²) in [5.41, 5.74) is 4.73. The molecule has 10 heteroatoms. The number of halogens is 5. The number of furan rings is 1. The number of hydrogen-bond donors (Lipinski definition) is 1. The van der Waals surface area contributed by atoms with Crippen LogP contribution < -0.4 is 10.2 Å². The van der Waals surface area contributed by atoms with E-state index in [4.69, 9.17) is 32.4 Å². The smallest absolute Gasteiger partial charge is 0.307 e. The molecule has 1 aromatic heterocycles. The molecule has 0 aliphatic rings. The van der Waals surface area contributed by atoms with Gasteiger partial charge in [0.15, 0.2) is 5.76 Å². The van der Waals surface area contributed by atoms with Crippen LogP contribution in [-0.4, -0.2) is 12.1 Å². The second kappa shape index (κ2) is 10.6. The van der Waals surface area contributed by atoms with Crippen molar-refractivity contribution in [2.24, 2.45) is 5.10 Å². The summed E-state index contributed by atoms with van der Waals surface area (Å²) in [4.78, 5) is 12.4. The summed E-state index contributed by atoms with van der Waals surface area (Å²) in [6.07, 6.45) is 1.53. The fraction of sp³-hybridized carbons (Fsp3) is 0.0435. The largest absolute Gasteiger partial charge is 0.488 e. The van der Waals surface area contributed by atoms with E-state index < -0.39 is 5.91 Å². The highest BCUT2D eigenvalue weighted by molar-refractivity contribution is 9.11. The maximum absolute atomic E-state index is 12.4. The summed E-state index contributed by atoms with van der Waals surface area (Å²) in [5, 5.41) is 5.79. The Labute approximate surface area is 224 Å². The number of fused-ring (bicyclic) bond motifs is 1. The third kappa shape index (κ3) is 6.00. The van der Waals surface area contributed by atoms with Gasteiger partial charge in [-0.25, -0.2) is 5.43 Å². The van der Waals surface area contributed by atoms with Crippen LogP contribution in [0.25, 0.3) is 11.0 Å². The second-order valence-corrected chi connectivity index (χ2v) is 10.3. The van der Waals surface area contributed by atoms with E-state index in [0.717, 1.165) is 29.9 Å². The van der Waals surface area contributed by atoms with Gasteiger partial charge in [0.2, 0.25) is 0 Å². The first-order valence-electron chi connectivity index (χ1n) is 9.38. The number of ether oxygens (including phenoxy) is 1. The minimum Gasteiger partial charge on any atom is -0.488 e. The minimum absolute atomic E-state index is 0.160. The zero-order valence-corrected chi connectivity index (χ0v) is 22.8. The van der Waals surface area contributed by atoms with Crippen molar-refractivity contribution in [3.05, 3.63) is 94.9 Å². The summed E-state index contributed by atoms with van der Waals surface area (Å²) in [6.45, 7) is 0.336. The highest BCUT2D eigenvalue weighted by atomic mass is 79.9. The number of amides is 1. The van der Waals surface area contributed by atoms with Gasteiger partial charge >= 0.3 is 5.91 Å².